The van der Waals surface area contributed by atoms with Gasteiger partial charge >= 0.3 is 0 Å². The third-order valence-electron chi connectivity index (χ3n) is 4.41. The predicted octanol–water partition coefficient (Wildman–Crippen LogP) is 4.12. The summed E-state index contributed by atoms with van der Waals surface area (Å²) in [4.78, 5) is 0. The van der Waals surface area contributed by atoms with Crippen LogP contribution in [0.1, 0.15) is 51.2 Å². The standard InChI is InChI=1S/C16H21F3O2/c1-3-21-16(8-6-10(2)7-9-16)15(20)11-4-5-12(17)14(19)13(11)18/h4-5,10,15,20H,3,6-9H2,1-2H3. The summed E-state index contributed by atoms with van der Waals surface area (Å²) in [5.74, 6) is -3.63. The van der Waals surface area contributed by atoms with Crippen molar-refractivity contribution in [2.24, 2.45) is 5.92 Å². The molecule has 21 heavy (non-hydrogen) atoms. The fraction of sp³-hybridized carbons (Fsp3) is 0.625. The number of ether oxygens (including phenoxy) is 1. The predicted molar refractivity (Wildman–Crippen MR) is 73.3 cm³/mol. The highest BCUT2D eigenvalue weighted by atomic mass is 19.2. The zero-order valence-corrected chi connectivity index (χ0v) is 12.3. The molecule has 1 aromatic carbocycles. The largest absolute Gasteiger partial charge is 0.385 e. The smallest absolute Gasteiger partial charge is 0.194 e. The van der Waals surface area contributed by atoms with Gasteiger partial charge in [-0.15, -0.1) is 0 Å². The maximum atomic E-state index is 13.9. The molecule has 118 valence electrons. The molecule has 1 aliphatic carbocycles. The van der Waals surface area contributed by atoms with Crippen LogP contribution in [0.4, 0.5) is 13.2 Å². The minimum Gasteiger partial charge on any atom is -0.385 e. The molecule has 2 rings (SSSR count). The Balaban J connectivity index is 2.35. The Morgan fingerprint density at radius 2 is 1.86 bits per heavy atom. The maximum Gasteiger partial charge on any atom is 0.194 e. The van der Waals surface area contributed by atoms with E-state index in [1.165, 1.54) is 0 Å². The van der Waals surface area contributed by atoms with Crippen molar-refractivity contribution in [3.05, 3.63) is 35.1 Å². The fourth-order valence-electron chi connectivity index (χ4n) is 3.07. The molecule has 0 radical (unpaired) electrons. The summed E-state index contributed by atoms with van der Waals surface area (Å²) in [7, 11) is 0. The summed E-state index contributed by atoms with van der Waals surface area (Å²) >= 11 is 0. The van der Waals surface area contributed by atoms with Gasteiger partial charge in [0.05, 0.1) is 5.60 Å². The first kappa shape index (κ1) is 16.3. The van der Waals surface area contributed by atoms with Crippen LogP contribution in [0.5, 0.6) is 0 Å². The molecule has 1 atom stereocenters. The lowest BCUT2D eigenvalue weighted by atomic mass is 9.74. The highest BCUT2D eigenvalue weighted by Gasteiger charge is 2.43. The van der Waals surface area contributed by atoms with Crippen LogP contribution in [-0.2, 0) is 4.74 Å². The number of hydrogen-bond donors (Lipinski definition) is 1. The van der Waals surface area contributed by atoms with Crippen molar-refractivity contribution in [2.75, 3.05) is 6.61 Å². The lowest BCUT2D eigenvalue weighted by molar-refractivity contribution is -0.147. The van der Waals surface area contributed by atoms with E-state index in [0.717, 1.165) is 25.0 Å². The Bertz CT molecular complexity index is 497. The normalized spacial score (nSPS) is 27.6. The van der Waals surface area contributed by atoms with Crippen LogP contribution in [0.2, 0.25) is 0 Å². The van der Waals surface area contributed by atoms with Crippen molar-refractivity contribution < 1.29 is 23.0 Å². The van der Waals surface area contributed by atoms with Crippen molar-refractivity contribution in [1.82, 2.24) is 0 Å². The van der Waals surface area contributed by atoms with E-state index < -0.39 is 29.2 Å². The first-order chi connectivity index (χ1) is 9.91. The van der Waals surface area contributed by atoms with Crippen molar-refractivity contribution in [3.63, 3.8) is 0 Å². The lowest BCUT2D eigenvalue weighted by Gasteiger charge is -2.42. The number of halogens is 3. The van der Waals surface area contributed by atoms with Crippen LogP contribution >= 0.6 is 0 Å². The first-order valence-electron chi connectivity index (χ1n) is 7.36. The molecule has 0 amide bonds. The number of hydrogen-bond acceptors (Lipinski definition) is 2. The van der Waals surface area contributed by atoms with E-state index in [4.69, 9.17) is 4.74 Å². The number of aliphatic hydroxyl groups excluding tert-OH is 1. The van der Waals surface area contributed by atoms with E-state index in [2.05, 4.69) is 6.92 Å². The van der Waals surface area contributed by atoms with Crippen molar-refractivity contribution >= 4 is 0 Å². The quantitative estimate of drug-likeness (QED) is 0.848. The van der Waals surface area contributed by atoms with E-state index in [-0.39, 0.29) is 5.56 Å². The second kappa shape index (κ2) is 6.36. The van der Waals surface area contributed by atoms with E-state index in [9.17, 15) is 18.3 Å². The Labute approximate surface area is 122 Å². The summed E-state index contributed by atoms with van der Waals surface area (Å²) in [5.41, 5.74) is -1.16. The number of aliphatic hydroxyl groups is 1. The van der Waals surface area contributed by atoms with E-state index in [1.807, 2.05) is 0 Å². The van der Waals surface area contributed by atoms with Gasteiger partial charge in [0, 0.05) is 12.2 Å². The van der Waals surface area contributed by atoms with Crippen LogP contribution in [0.3, 0.4) is 0 Å². The van der Waals surface area contributed by atoms with Crippen LogP contribution in [-0.4, -0.2) is 17.3 Å². The van der Waals surface area contributed by atoms with Gasteiger partial charge in [-0.05, 0) is 44.6 Å². The Morgan fingerprint density at radius 1 is 1.24 bits per heavy atom. The molecule has 1 saturated carbocycles. The van der Waals surface area contributed by atoms with Crippen LogP contribution in [0.15, 0.2) is 12.1 Å². The molecule has 1 N–H and O–H groups in total. The minimum atomic E-state index is -1.55. The zero-order chi connectivity index (χ0) is 15.6. The average Bonchev–Trinajstić information content (AvgIpc) is 2.47. The molecule has 0 aromatic heterocycles. The Hall–Kier alpha value is -1.07. The van der Waals surface area contributed by atoms with Gasteiger partial charge in [-0.2, -0.15) is 0 Å². The van der Waals surface area contributed by atoms with Gasteiger partial charge in [0.2, 0.25) is 0 Å². The molecule has 0 heterocycles. The monoisotopic (exact) mass is 302 g/mol. The van der Waals surface area contributed by atoms with Crippen molar-refractivity contribution in [1.29, 1.82) is 0 Å². The third-order valence-corrected chi connectivity index (χ3v) is 4.41. The highest BCUT2D eigenvalue weighted by molar-refractivity contribution is 5.25. The minimum absolute atomic E-state index is 0.239. The Kier molecular flexibility index (Phi) is 4.94. The van der Waals surface area contributed by atoms with Crippen LogP contribution in [0, 0.1) is 23.4 Å². The molecule has 0 aliphatic heterocycles. The lowest BCUT2D eigenvalue weighted by Crippen LogP contribution is -2.43. The molecule has 5 heteroatoms. The number of rotatable bonds is 4. The topological polar surface area (TPSA) is 29.5 Å². The zero-order valence-electron chi connectivity index (χ0n) is 12.3. The molecule has 1 fully saturated rings. The van der Waals surface area contributed by atoms with Gasteiger partial charge in [0.15, 0.2) is 17.5 Å². The first-order valence-corrected chi connectivity index (χ1v) is 7.36. The van der Waals surface area contributed by atoms with Crippen molar-refractivity contribution in [3.8, 4) is 0 Å². The highest BCUT2D eigenvalue weighted by Crippen LogP contribution is 2.44. The van der Waals surface area contributed by atoms with Crippen LogP contribution < -0.4 is 0 Å². The van der Waals surface area contributed by atoms with Crippen molar-refractivity contribution in [2.45, 2.75) is 51.2 Å². The average molecular weight is 302 g/mol. The molecule has 1 aliphatic rings. The molecular formula is C16H21F3O2. The maximum absolute atomic E-state index is 13.9. The van der Waals surface area contributed by atoms with Gasteiger partial charge in [0.1, 0.15) is 6.10 Å². The molecule has 1 unspecified atom stereocenters. The van der Waals surface area contributed by atoms with Gasteiger partial charge in [-0.25, -0.2) is 13.2 Å². The summed E-state index contributed by atoms with van der Waals surface area (Å²) in [6.45, 7) is 4.28. The molecule has 0 saturated heterocycles. The molecular weight excluding hydrogens is 281 g/mol. The van der Waals surface area contributed by atoms with E-state index >= 15 is 0 Å². The fourth-order valence-corrected chi connectivity index (χ4v) is 3.07. The molecule has 1 aromatic rings. The summed E-state index contributed by atoms with van der Waals surface area (Å²) in [5, 5.41) is 10.6. The molecule has 0 bridgehead atoms. The molecule has 2 nitrogen and oxygen atoms in total. The van der Waals surface area contributed by atoms with Gasteiger partial charge in [-0.1, -0.05) is 13.0 Å². The number of benzene rings is 1. The van der Waals surface area contributed by atoms with E-state index in [0.29, 0.717) is 25.4 Å². The van der Waals surface area contributed by atoms with Gasteiger partial charge in [-0.3, -0.25) is 0 Å². The summed E-state index contributed by atoms with van der Waals surface area (Å²) in [6.07, 6.45) is 1.54. The summed E-state index contributed by atoms with van der Waals surface area (Å²) in [6, 6.07) is 1.93. The second-order valence-electron chi connectivity index (χ2n) is 5.85. The van der Waals surface area contributed by atoms with Gasteiger partial charge in [0.25, 0.3) is 0 Å². The molecule has 0 spiro atoms. The second-order valence-corrected chi connectivity index (χ2v) is 5.85. The SMILES string of the molecule is CCOC1(C(O)c2ccc(F)c(F)c2F)CCC(C)CC1. The van der Waals surface area contributed by atoms with Crippen LogP contribution in [0.25, 0.3) is 0 Å². The van der Waals surface area contributed by atoms with E-state index in [1.54, 1.807) is 6.92 Å². The Morgan fingerprint density at radius 3 is 2.43 bits per heavy atom. The summed E-state index contributed by atoms with van der Waals surface area (Å²) < 4.78 is 46.1. The third kappa shape index (κ3) is 3.09. The van der Waals surface area contributed by atoms with Gasteiger partial charge < -0.3 is 9.84 Å².